The highest BCUT2D eigenvalue weighted by Gasteiger charge is 2.13. The van der Waals surface area contributed by atoms with Crippen molar-refractivity contribution in [3.8, 4) is 0 Å². The van der Waals surface area contributed by atoms with E-state index in [1.807, 2.05) is 26.0 Å². The zero-order chi connectivity index (χ0) is 21.8. The summed E-state index contributed by atoms with van der Waals surface area (Å²) in [5.41, 5.74) is 3.49. The predicted octanol–water partition coefficient (Wildman–Crippen LogP) is 3.54. The van der Waals surface area contributed by atoms with Gasteiger partial charge in [-0.3, -0.25) is 19.7 Å². The van der Waals surface area contributed by atoms with Crippen LogP contribution < -0.4 is 4.80 Å². The average Bonchev–Trinajstić information content (AvgIpc) is 3.03. The Morgan fingerprint density at radius 1 is 1.23 bits per heavy atom. The smallest absolute Gasteiger partial charge is 0.325 e. The molecule has 9 heteroatoms. The largest absolute Gasteiger partial charge is 0.468 e. The molecule has 0 atom stereocenters. The summed E-state index contributed by atoms with van der Waals surface area (Å²) in [6, 6.07) is 9.81. The van der Waals surface area contributed by atoms with Gasteiger partial charge in [-0.25, -0.2) is 0 Å². The lowest BCUT2D eigenvalue weighted by Gasteiger charge is -2.06. The van der Waals surface area contributed by atoms with E-state index < -0.39 is 16.8 Å². The molecular formula is C21H19N3O5S. The van der Waals surface area contributed by atoms with E-state index in [-0.39, 0.29) is 12.2 Å². The number of hydrogen-bond donors (Lipinski definition) is 0. The zero-order valence-electron chi connectivity index (χ0n) is 16.6. The third kappa shape index (κ3) is 4.69. The summed E-state index contributed by atoms with van der Waals surface area (Å²) in [4.78, 5) is 39.1. The van der Waals surface area contributed by atoms with Crippen LogP contribution in [0.2, 0.25) is 0 Å². The molecule has 0 aliphatic carbocycles. The van der Waals surface area contributed by atoms with Crippen LogP contribution in [-0.2, 0) is 20.9 Å². The van der Waals surface area contributed by atoms with E-state index in [0.717, 1.165) is 21.3 Å². The number of benzene rings is 2. The van der Waals surface area contributed by atoms with Gasteiger partial charge in [-0.2, -0.15) is 4.99 Å². The zero-order valence-corrected chi connectivity index (χ0v) is 17.4. The second-order valence-electron chi connectivity index (χ2n) is 6.61. The number of rotatable bonds is 5. The van der Waals surface area contributed by atoms with Crippen LogP contribution in [0.4, 0.5) is 5.69 Å². The van der Waals surface area contributed by atoms with Gasteiger partial charge >= 0.3 is 5.97 Å². The third-order valence-corrected chi connectivity index (χ3v) is 5.38. The summed E-state index contributed by atoms with van der Waals surface area (Å²) >= 11 is 1.32. The number of carbonyl (C=O) groups excluding carboxylic acids is 2. The van der Waals surface area contributed by atoms with Gasteiger partial charge in [0.1, 0.15) is 6.54 Å². The van der Waals surface area contributed by atoms with E-state index in [2.05, 4.69) is 4.99 Å². The maximum atomic E-state index is 12.4. The number of hydrogen-bond acceptors (Lipinski definition) is 6. The highest BCUT2D eigenvalue weighted by molar-refractivity contribution is 7.16. The van der Waals surface area contributed by atoms with Crippen LogP contribution in [0.5, 0.6) is 0 Å². The fraction of sp³-hybridized carbons (Fsp3) is 0.190. The molecule has 0 fully saturated rings. The number of non-ortho nitro benzene ring substituents is 1. The number of amides is 1. The number of aryl methyl sites for hydroxylation is 2. The van der Waals surface area contributed by atoms with Gasteiger partial charge < -0.3 is 9.30 Å². The van der Waals surface area contributed by atoms with Crippen molar-refractivity contribution >= 4 is 45.2 Å². The Hall–Kier alpha value is -3.59. The molecule has 0 saturated heterocycles. The van der Waals surface area contributed by atoms with Gasteiger partial charge in [0.05, 0.1) is 22.2 Å². The van der Waals surface area contributed by atoms with Crippen molar-refractivity contribution in [3.05, 3.63) is 74.1 Å². The fourth-order valence-corrected chi connectivity index (χ4v) is 4.23. The molecule has 3 aromatic rings. The second-order valence-corrected chi connectivity index (χ2v) is 7.62. The summed E-state index contributed by atoms with van der Waals surface area (Å²) in [6.45, 7) is 3.86. The molecule has 8 nitrogen and oxygen atoms in total. The van der Waals surface area contributed by atoms with Crippen molar-refractivity contribution in [3.63, 3.8) is 0 Å². The quantitative estimate of drug-likeness (QED) is 0.269. The van der Waals surface area contributed by atoms with E-state index in [1.54, 1.807) is 16.7 Å². The van der Waals surface area contributed by atoms with Crippen molar-refractivity contribution in [2.75, 3.05) is 7.11 Å². The summed E-state index contributed by atoms with van der Waals surface area (Å²) < 4.78 is 7.38. The van der Waals surface area contributed by atoms with Crippen molar-refractivity contribution in [2.24, 2.45) is 4.99 Å². The van der Waals surface area contributed by atoms with E-state index in [9.17, 15) is 19.7 Å². The summed E-state index contributed by atoms with van der Waals surface area (Å²) in [5, 5.41) is 10.7. The average molecular weight is 425 g/mol. The molecule has 0 aliphatic heterocycles. The Bertz CT molecular complexity index is 1240. The van der Waals surface area contributed by atoms with E-state index in [0.29, 0.717) is 10.4 Å². The molecule has 0 aliphatic rings. The summed E-state index contributed by atoms with van der Waals surface area (Å²) in [7, 11) is 1.31. The third-order valence-electron chi connectivity index (χ3n) is 4.35. The highest BCUT2D eigenvalue weighted by atomic mass is 32.1. The van der Waals surface area contributed by atoms with Gasteiger partial charge in [-0.1, -0.05) is 17.4 Å². The van der Waals surface area contributed by atoms with Crippen LogP contribution in [0.3, 0.4) is 0 Å². The molecule has 0 spiro atoms. The molecule has 1 heterocycles. The van der Waals surface area contributed by atoms with Gasteiger partial charge in [0.15, 0.2) is 4.80 Å². The van der Waals surface area contributed by atoms with Crippen molar-refractivity contribution in [1.29, 1.82) is 0 Å². The van der Waals surface area contributed by atoms with E-state index in [4.69, 9.17) is 4.74 Å². The summed E-state index contributed by atoms with van der Waals surface area (Å²) in [6.07, 6.45) is 2.81. The SMILES string of the molecule is COC(=O)Cn1c(=NC(=O)C=Cc2ccc([N+](=O)[O-])cc2)sc2cc(C)cc(C)c21. The summed E-state index contributed by atoms with van der Waals surface area (Å²) in [5.74, 6) is -0.946. The minimum atomic E-state index is -0.507. The van der Waals surface area contributed by atoms with Gasteiger partial charge in [0, 0.05) is 18.2 Å². The Labute approximate surface area is 175 Å². The standard InChI is InChI=1S/C21H19N3O5S/c1-13-10-14(2)20-17(11-13)30-21(23(20)12-19(26)29-3)22-18(25)9-6-15-4-7-16(8-5-15)24(27)28/h4-11H,12H2,1-3H3. The first-order valence-electron chi connectivity index (χ1n) is 8.97. The highest BCUT2D eigenvalue weighted by Crippen LogP contribution is 2.23. The van der Waals surface area contributed by atoms with Crippen molar-refractivity contribution in [2.45, 2.75) is 20.4 Å². The predicted molar refractivity (Wildman–Crippen MR) is 114 cm³/mol. The molecule has 3 rings (SSSR count). The number of nitro groups is 1. The molecule has 0 radical (unpaired) electrons. The first-order valence-corrected chi connectivity index (χ1v) is 9.79. The Balaban J connectivity index is 1.98. The van der Waals surface area contributed by atoms with E-state index >= 15 is 0 Å². The Morgan fingerprint density at radius 3 is 2.57 bits per heavy atom. The molecular weight excluding hydrogens is 406 g/mol. The van der Waals surface area contributed by atoms with Crippen molar-refractivity contribution in [1.82, 2.24) is 4.57 Å². The van der Waals surface area contributed by atoms with Gasteiger partial charge in [0.25, 0.3) is 11.6 Å². The topological polar surface area (TPSA) is 104 Å². The lowest BCUT2D eigenvalue weighted by atomic mass is 10.1. The number of aromatic nitrogens is 1. The van der Waals surface area contributed by atoms with Crippen LogP contribution in [-0.4, -0.2) is 28.5 Å². The van der Waals surface area contributed by atoms with Gasteiger partial charge in [-0.15, -0.1) is 0 Å². The molecule has 2 aromatic carbocycles. The second kappa shape index (κ2) is 8.83. The normalized spacial score (nSPS) is 11.9. The van der Waals surface area contributed by atoms with Crippen LogP contribution in [0.15, 0.2) is 47.5 Å². The molecule has 0 unspecified atom stereocenters. The number of nitro benzene ring substituents is 1. The number of thiazole rings is 1. The first-order chi connectivity index (χ1) is 14.3. The number of nitrogens with zero attached hydrogens (tertiary/aromatic N) is 3. The maximum Gasteiger partial charge on any atom is 0.325 e. The maximum absolute atomic E-state index is 12.4. The van der Waals surface area contributed by atoms with Crippen molar-refractivity contribution < 1.29 is 19.2 Å². The number of ether oxygens (including phenoxy) is 1. The van der Waals surface area contributed by atoms with Gasteiger partial charge in [-0.05, 0) is 54.8 Å². The molecule has 0 N–H and O–H groups in total. The lowest BCUT2D eigenvalue weighted by molar-refractivity contribution is -0.384. The van der Waals surface area contributed by atoms with Crippen LogP contribution in [0.1, 0.15) is 16.7 Å². The monoisotopic (exact) mass is 425 g/mol. The van der Waals surface area contributed by atoms with Crippen LogP contribution in [0.25, 0.3) is 16.3 Å². The lowest BCUT2D eigenvalue weighted by Crippen LogP contribution is -2.22. The number of fused-ring (bicyclic) bond motifs is 1. The van der Waals surface area contributed by atoms with Gasteiger partial charge in [0.2, 0.25) is 0 Å². The molecule has 30 heavy (non-hydrogen) atoms. The molecule has 154 valence electrons. The first kappa shape index (κ1) is 21.1. The number of esters is 1. The Kier molecular flexibility index (Phi) is 6.22. The fourth-order valence-electron chi connectivity index (χ4n) is 3.02. The minimum absolute atomic E-state index is 0.0250. The number of methoxy groups -OCH3 is 1. The molecule has 0 bridgehead atoms. The Morgan fingerprint density at radius 2 is 1.93 bits per heavy atom. The van der Waals surface area contributed by atoms with E-state index in [1.165, 1.54) is 42.7 Å². The number of carbonyl (C=O) groups is 2. The molecule has 1 aromatic heterocycles. The van der Waals surface area contributed by atoms with Crippen LogP contribution >= 0.6 is 11.3 Å². The minimum Gasteiger partial charge on any atom is -0.468 e. The van der Waals surface area contributed by atoms with Crippen LogP contribution in [0, 0.1) is 24.0 Å². The molecule has 1 amide bonds. The molecule has 0 saturated carbocycles.